The van der Waals surface area contributed by atoms with Crippen LogP contribution in [0.5, 0.6) is 0 Å². The van der Waals surface area contributed by atoms with Crippen molar-refractivity contribution in [3.05, 3.63) is 76.9 Å². The van der Waals surface area contributed by atoms with E-state index in [1.165, 1.54) is 23.4 Å². The van der Waals surface area contributed by atoms with Gasteiger partial charge in [0.1, 0.15) is 11.3 Å². The normalized spacial score (nSPS) is 11.8. The summed E-state index contributed by atoms with van der Waals surface area (Å²) in [4.78, 5) is 16.8. The molecule has 0 radical (unpaired) electrons. The Bertz CT molecular complexity index is 1130. The van der Waals surface area contributed by atoms with E-state index in [9.17, 15) is 9.90 Å². The van der Waals surface area contributed by atoms with E-state index in [4.69, 9.17) is 8.83 Å². The summed E-state index contributed by atoms with van der Waals surface area (Å²) in [5, 5.41) is 12.4. The fourth-order valence-electron chi connectivity index (χ4n) is 2.44. The van der Waals surface area contributed by atoms with E-state index in [-0.39, 0.29) is 10.1 Å². The van der Waals surface area contributed by atoms with Gasteiger partial charge in [-0.3, -0.25) is 0 Å². The Kier molecular flexibility index (Phi) is 5.27. The lowest BCUT2D eigenvalue weighted by atomic mass is 10.2. The summed E-state index contributed by atoms with van der Waals surface area (Å²) < 4.78 is 11.3. The van der Waals surface area contributed by atoms with Crippen LogP contribution < -0.4 is 5.11 Å². The molecule has 2 aromatic carbocycles. The average molecular weight is 408 g/mol. The van der Waals surface area contributed by atoms with Gasteiger partial charge in [-0.25, -0.2) is 4.98 Å². The first-order valence-electron chi connectivity index (χ1n) is 8.38. The molecule has 4 aromatic rings. The van der Waals surface area contributed by atoms with Crippen molar-refractivity contribution in [2.24, 2.45) is 0 Å². The highest BCUT2D eigenvalue weighted by Crippen LogP contribution is 2.33. The van der Waals surface area contributed by atoms with E-state index in [1.807, 2.05) is 43.3 Å². The van der Waals surface area contributed by atoms with Crippen molar-refractivity contribution in [1.82, 2.24) is 4.98 Å². The highest BCUT2D eigenvalue weighted by molar-refractivity contribution is 8.03. The van der Waals surface area contributed by atoms with Crippen LogP contribution in [0.2, 0.25) is 0 Å². The standard InChI is InChI=1S/C21H15NO4S2/c1-13-6-9-15(10-7-13)27-19-11-8-14(25-19)12-18(20(23)24)28-21-22-16-4-2-3-5-17(16)26-21/h2-12H,1H3,(H,23,24)/p-1/b18-12+. The number of benzene rings is 2. The highest BCUT2D eigenvalue weighted by atomic mass is 32.2. The number of aliphatic carboxylic acids is 1. The van der Waals surface area contributed by atoms with Crippen molar-refractivity contribution < 1.29 is 18.7 Å². The van der Waals surface area contributed by atoms with Crippen molar-refractivity contribution in [3.63, 3.8) is 0 Å². The summed E-state index contributed by atoms with van der Waals surface area (Å²) in [7, 11) is 0. The smallest absolute Gasteiger partial charge is 0.261 e. The zero-order chi connectivity index (χ0) is 19.5. The van der Waals surface area contributed by atoms with Crippen LogP contribution in [0.4, 0.5) is 0 Å². The molecule has 0 saturated carbocycles. The number of hydrogen-bond acceptors (Lipinski definition) is 7. The lowest BCUT2D eigenvalue weighted by Crippen LogP contribution is -2.22. The molecule has 0 aliphatic carbocycles. The van der Waals surface area contributed by atoms with Crippen molar-refractivity contribution in [2.75, 3.05) is 0 Å². The van der Waals surface area contributed by atoms with E-state index in [1.54, 1.807) is 24.3 Å². The van der Waals surface area contributed by atoms with E-state index < -0.39 is 5.97 Å². The number of aromatic nitrogens is 1. The van der Waals surface area contributed by atoms with Crippen molar-refractivity contribution in [3.8, 4) is 0 Å². The minimum absolute atomic E-state index is 0.0483. The van der Waals surface area contributed by atoms with Gasteiger partial charge in [-0.05, 0) is 61.2 Å². The molecule has 4 rings (SSSR count). The molecule has 0 N–H and O–H groups in total. The molecule has 0 spiro atoms. The predicted octanol–water partition coefficient (Wildman–Crippen LogP) is 4.76. The Hall–Kier alpha value is -2.90. The van der Waals surface area contributed by atoms with Gasteiger partial charge in [-0.2, -0.15) is 0 Å². The number of nitrogens with zero attached hydrogens (tertiary/aromatic N) is 1. The van der Waals surface area contributed by atoms with Crippen LogP contribution in [0.3, 0.4) is 0 Å². The first kappa shape index (κ1) is 18.5. The number of carboxylic acid groups (broad SMARTS) is 1. The van der Waals surface area contributed by atoms with Crippen LogP contribution in [0.25, 0.3) is 17.2 Å². The Morgan fingerprint density at radius 3 is 2.57 bits per heavy atom. The SMILES string of the molecule is Cc1ccc(Sc2ccc(/C=C(/Sc3nc4ccccc4o3)C(=O)[O-])o2)cc1. The molecule has 2 aromatic heterocycles. The van der Waals surface area contributed by atoms with Gasteiger partial charge in [-0.15, -0.1) is 0 Å². The highest BCUT2D eigenvalue weighted by Gasteiger charge is 2.11. The molecule has 0 aliphatic rings. The lowest BCUT2D eigenvalue weighted by Gasteiger charge is -2.04. The minimum Gasteiger partial charge on any atom is -0.544 e. The maximum Gasteiger partial charge on any atom is 0.261 e. The second kappa shape index (κ2) is 8.00. The Balaban J connectivity index is 1.53. The Morgan fingerprint density at radius 1 is 1.04 bits per heavy atom. The summed E-state index contributed by atoms with van der Waals surface area (Å²) in [6, 6.07) is 18.8. The molecule has 0 aliphatic heterocycles. The van der Waals surface area contributed by atoms with Crippen molar-refractivity contribution in [1.29, 1.82) is 0 Å². The fourth-order valence-corrected chi connectivity index (χ4v) is 3.94. The second-order valence-electron chi connectivity index (χ2n) is 5.92. The molecule has 0 bridgehead atoms. The summed E-state index contributed by atoms with van der Waals surface area (Å²) in [5.74, 6) is -0.909. The molecule has 28 heavy (non-hydrogen) atoms. The third kappa shape index (κ3) is 4.32. The van der Waals surface area contributed by atoms with E-state index in [0.717, 1.165) is 16.7 Å². The number of oxazole rings is 1. The zero-order valence-corrected chi connectivity index (χ0v) is 16.4. The van der Waals surface area contributed by atoms with Crippen LogP contribution in [0.15, 0.2) is 89.6 Å². The Morgan fingerprint density at radius 2 is 1.82 bits per heavy atom. The predicted molar refractivity (Wildman–Crippen MR) is 107 cm³/mol. The molecular formula is C21H14NO4S2-. The topological polar surface area (TPSA) is 79.3 Å². The first-order valence-corrected chi connectivity index (χ1v) is 10.0. The van der Waals surface area contributed by atoms with Gasteiger partial charge in [0, 0.05) is 9.80 Å². The van der Waals surface area contributed by atoms with Gasteiger partial charge in [0.05, 0.1) is 5.97 Å². The first-order chi connectivity index (χ1) is 13.6. The third-order valence-corrected chi connectivity index (χ3v) is 5.57. The molecule has 7 heteroatoms. The number of hydrogen-bond donors (Lipinski definition) is 0. The number of carboxylic acids is 1. The largest absolute Gasteiger partial charge is 0.544 e. The molecule has 0 saturated heterocycles. The summed E-state index contributed by atoms with van der Waals surface area (Å²) >= 11 is 2.35. The molecule has 0 unspecified atom stereocenters. The summed E-state index contributed by atoms with van der Waals surface area (Å²) in [6.45, 7) is 2.03. The fraction of sp³-hybridized carbons (Fsp3) is 0.0476. The Labute approximate surface area is 169 Å². The van der Waals surface area contributed by atoms with Crippen LogP contribution >= 0.6 is 23.5 Å². The van der Waals surface area contributed by atoms with Gasteiger partial charge in [0.15, 0.2) is 10.7 Å². The molecular weight excluding hydrogens is 394 g/mol. The minimum atomic E-state index is -1.32. The van der Waals surface area contributed by atoms with Crippen LogP contribution in [-0.2, 0) is 4.79 Å². The van der Waals surface area contributed by atoms with E-state index in [0.29, 0.717) is 22.0 Å². The number of fused-ring (bicyclic) bond motifs is 1. The van der Waals surface area contributed by atoms with E-state index in [2.05, 4.69) is 4.98 Å². The van der Waals surface area contributed by atoms with Gasteiger partial charge in [-0.1, -0.05) is 41.6 Å². The number of aryl methyl sites for hydroxylation is 1. The van der Waals surface area contributed by atoms with Crippen molar-refractivity contribution in [2.45, 2.75) is 22.1 Å². The van der Waals surface area contributed by atoms with Crippen LogP contribution in [0.1, 0.15) is 11.3 Å². The summed E-state index contributed by atoms with van der Waals surface area (Å²) in [6.07, 6.45) is 1.41. The number of para-hydroxylation sites is 2. The lowest BCUT2D eigenvalue weighted by molar-refractivity contribution is -0.298. The second-order valence-corrected chi connectivity index (χ2v) is 7.99. The number of carbonyl (C=O) groups excluding carboxylic acids is 1. The molecule has 2 heterocycles. The summed E-state index contributed by atoms with van der Waals surface area (Å²) in [5.41, 5.74) is 2.44. The average Bonchev–Trinajstić information content (AvgIpc) is 3.29. The van der Waals surface area contributed by atoms with Crippen LogP contribution in [-0.4, -0.2) is 11.0 Å². The quantitative estimate of drug-likeness (QED) is 0.336. The van der Waals surface area contributed by atoms with Crippen molar-refractivity contribution >= 4 is 46.7 Å². The molecule has 0 fully saturated rings. The van der Waals surface area contributed by atoms with Gasteiger partial charge >= 0.3 is 0 Å². The zero-order valence-electron chi connectivity index (χ0n) is 14.7. The monoisotopic (exact) mass is 408 g/mol. The molecule has 0 atom stereocenters. The maximum atomic E-state index is 11.5. The number of furan rings is 1. The third-order valence-electron chi connectivity index (χ3n) is 3.79. The molecule has 0 amide bonds. The molecule has 5 nitrogen and oxygen atoms in total. The van der Waals surface area contributed by atoms with Gasteiger partial charge in [0.2, 0.25) is 0 Å². The number of thioether (sulfide) groups is 1. The molecule has 140 valence electrons. The van der Waals surface area contributed by atoms with Gasteiger partial charge < -0.3 is 18.7 Å². The van der Waals surface area contributed by atoms with Gasteiger partial charge in [0.25, 0.3) is 5.22 Å². The van der Waals surface area contributed by atoms with Crippen LogP contribution in [0, 0.1) is 6.92 Å². The maximum absolute atomic E-state index is 11.5. The number of carbonyl (C=O) groups is 1. The number of rotatable bonds is 6. The van der Waals surface area contributed by atoms with E-state index >= 15 is 0 Å².